The molecular weight excluding hydrogens is 272 g/mol. The summed E-state index contributed by atoms with van der Waals surface area (Å²) in [5.41, 5.74) is 4.98. The SMILES string of the molecule is Nc1ccc(OS(=O)(=O)O)c(C(=O)O)c1.[Na].[Na]. The number of aromatic carboxylic acids is 1. The van der Waals surface area contributed by atoms with Gasteiger partial charge in [-0.25, -0.2) is 4.79 Å². The maximum Gasteiger partial charge on any atom is 0.446 e. The number of hydrogen-bond donors (Lipinski definition) is 3. The molecule has 10 heteroatoms. The first-order valence-electron chi connectivity index (χ1n) is 3.59. The van der Waals surface area contributed by atoms with Crippen molar-refractivity contribution in [2.24, 2.45) is 0 Å². The summed E-state index contributed by atoms with van der Waals surface area (Å²) in [6, 6.07) is 3.29. The Bertz CT molecular complexity index is 503. The van der Waals surface area contributed by atoms with Gasteiger partial charge in [0.15, 0.2) is 5.75 Å². The molecule has 7 nitrogen and oxygen atoms in total. The van der Waals surface area contributed by atoms with E-state index in [4.69, 9.17) is 15.4 Å². The molecule has 0 aliphatic heterocycles. The molecule has 0 saturated carbocycles. The third-order valence-corrected chi connectivity index (χ3v) is 1.82. The van der Waals surface area contributed by atoms with Crippen molar-refractivity contribution in [3.05, 3.63) is 23.8 Å². The molecule has 4 N–H and O–H groups in total. The van der Waals surface area contributed by atoms with Gasteiger partial charge in [-0.05, 0) is 18.2 Å². The van der Waals surface area contributed by atoms with Crippen LogP contribution in [0.15, 0.2) is 18.2 Å². The van der Waals surface area contributed by atoms with Crippen LogP contribution in [0, 0.1) is 0 Å². The summed E-state index contributed by atoms with van der Waals surface area (Å²) in [6.07, 6.45) is 0. The Labute approximate surface area is 142 Å². The maximum absolute atomic E-state index is 10.6. The van der Waals surface area contributed by atoms with Crippen molar-refractivity contribution < 1.29 is 27.1 Å². The van der Waals surface area contributed by atoms with Gasteiger partial charge in [0.05, 0.1) is 0 Å². The molecule has 0 fully saturated rings. The van der Waals surface area contributed by atoms with Gasteiger partial charge in [0.2, 0.25) is 0 Å². The quantitative estimate of drug-likeness (QED) is 0.382. The summed E-state index contributed by atoms with van der Waals surface area (Å²) in [4.78, 5) is 10.6. The molecule has 0 spiro atoms. The van der Waals surface area contributed by atoms with Gasteiger partial charge in [-0.15, -0.1) is 0 Å². The van der Waals surface area contributed by atoms with Gasteiger partial charge in [-0.2, -0.15) is 8.42 Å². The number of carboxylic acids is 1. The fourth-order valence-corrected chi connectivity index (χ4v) is 1.27. The van der Waals surface area contributed by atoms with Crippen LogP contribution in [0.25, 0.3) is 0 Å². The molecule has 1 aromatic rings. The Morgan fingerprint density at radius 1 is 1.29 bits per heavy atom. The predicted molar refractivity (Wildman–Crippen MR) is 61.5 cm³/mol. The second-order valence-electron chi connectivity index (χ2n) is 2.57. The molecule has 0 aliphatic carbocycles. The van der Waals surface area contributed by atoms with Crippen LogP contribution in [0.2, 0.25) is 0 Å². The number of carboxylic acid groups (broad SMARTS) is 1. The van der Waals surface area contributed by atoms with Crippen LogP contribution >= 0.6 is 0 Å². The average Bonchev–Trinajstić information content (AvgIpc) is 2.05. The van der Waals surface area contributed by atoms with Crippen LogP contribution in [0.4, 0.5) is 5.69 Å². The number of nitrogen functional groups attached to an aromatic ring is 1. The van der Waals surface area contributed by atoms with Crippen LogP contribution in [0.5, 0.6) is 5.75 Å². The average molecular weight is 279 g/mol. The van der Waals surface area contributed by atoms with Crippen molar-refractivity contribution in [2.45, 2.75) is 0 Å². The molecule has 17 heavy (non-hydrogen) atoms. The van der Waals surface area contributed by atoms with E-state index in [1.54, 1.807) is 0 Å². The summed E-state index contributed by atoms with van der Waals surface area (Å²) in [5, 5.41) is 8.67. The third-order valence-electron chi connectivity index (χ3n) is 1.43. The molecule has 0 atom stereocenters. The number of hydrogen-bond acceptors (Lipinski definition) is 5. The molecule has 0 aliphatic rings. The van der Waals surface area contributed by atoms with E-state index in [9.17, 15) is 13.2 Å². The number of nitrogens with two attached hydrogens (primary N) is 1. The number of anilines is 1. The van der Waals surface area contributed by atoms with Crippen molar-refractivity contribution in [1.82, 2.24) is 0 Å². The van der Waals surface area contributed by atoms with Crippen molar-refractivity contribution in [1.29, 1.82) is 0 Å². The molecule has 84 valence electrons. The van der Waals surface area contributed by atoms with Crippen LogP contribution < -0.4 is 9.92 Å². The first kappa shape index (κ1) is 19.5. The number of carbonyl (C=O) groups is 1. The van der Waals surface area contributed by atoms with E-state index in [2.05, 4.69) is 4.18 Å². The van der Waals surface area contributed by atoms with E-state index in [0.29, 0.717) is 0 Å². The monoisotopic (exact) mass is 279 g/mol. The van der Waals surface area contributed by atoms with E-state index in [0.717, 1.165) is 12.1 Å². The van der Waals surface area contributed by atoms with E-state index in [1.165, 1.54) is 6.07 Å². The Hall–Kier alpha value is 0.200. The summed E-state index contributed by atoms with van der Waals surface area (Å²) >= 11 is 0. The van der Waals surface area contributed by atoms with Crippen molar-refractivity contribution in [3.63, 3.8) is 0 Å². The molecule has 1 aromatic carbocycles. The topological polar surface area (TPSA) is 127 Å². The Kier molecular flexibility index (Phi) is 8.73. The van der Waals surface area contributed by atoms with E-state index < -0.39 is 27.7 Å². The Balaban J connectivity index is 0. The van der Waals surface area contributed by atoms with Crippen LogP contribution in [0.1, 0.15) is 10.4 Å². The summed E-state index contributed by atoms with van der Waals surface area (Å²) < 4.78 is 33.2. The normalized spacial score (nSPS) is 9.71. The first-order chi connectivity index (χ1) is 6.79. The molecule has 0 aromatic heterocycles. The van der Waals surface area contributed by atoms with E-state index >= 15 is 0 Å². The smallest absolute Gasteiger partial charge is 0.446 e. The van der Waals surface area contributed by atoms with Gasteiger partial charge in [0, 0.05) is 64.8 Å². The number of benzene rings is 1. The Morgan fingerprint density at radius 2 is 1.82 bits per heavy atom. The van der Waals surface area contributed by atoms with E-state index in [-0.39, 0.29) is 64.8 Å². The molecule has 0 amide bonds. The second kappa shape index (κ2) is 7.59. The minimum Gasteiger partial charge on any atom is -0.478 e. The molecule has 2 radical (unpaired) electrons. The van der Waals surface area contributed by atoms with Gasteiger partial charge in [-0.1, -0.05) is 0 Å². The largest absolute Gasteiger partial charge is 0.478 e. The van der Waals surface area contributed by atoms with Crippen LogP contribution in [-0.2, 0) is 10.4 Å². The zero-order valence-electron chi connectivity index (χ0n) is 9.25. The fourth-order valence-electron chi connectivity index (χ4n) is 0.901. The van der Waals surface area contributed by atoms with E-state index in [1.807, 2.05) is 0 Å². The molecule has 0 heterocycles. The number of rotatable bonds is 3. The van der Waals surface area contributed by atoms with Gasteiger partial charge in [0.1, 0.15) is 5.56 Å². The van der Waals surface area contributed by atoms with Gasteiger partial charge < -0.3 is 15.0 Å². The molecule has 0 unspecified atom stereocenters. The summed E-state index contributed by atoms with van der Waals surface area (Å²) in [6.45, 7) is 0. The zero-order valence-corrected chi connectivity index (χ0v) is 14.1. The maximum atomic E-state index is 10.6. The zero-order chi connectivity index (χ0) is 11.6. The van der Waals surface area contributed by atoms with Gasteiger partial charge in [-0.3, -0.25) is 4.55 Å². The van der Waals surface area contributed by atoms with Gasteiger partial charge in [0.25, 0.3) is 0 Å². The summed E-state index contributed by atoms with van der Waals surface area (Å²) in [5.74, 6) is -1.92. The minimum atomic E-state index is -4.75. The molecular formula is C7H7NNa2O6S. The Morgan fingerprint density at radius 3 is 2.24 bits per heavy atom. The standard InChI is InChI=1S/C7H7NO6S.2Na/c8-4-1-2-6(14-15(11,12)13)5(3-4)7(9)10;;/h1-3H,8H2,(H,9,10)(H,11,12,13);;. The third kappa shape index (κ3) is 6.63. The van der Waals surface area contributed by atoms with Crippen molar-refractivity contribution >= 4 is 81.2 Å². The van der Waals surface area contributed by atoms with Crippen LogP contribution in [0.3, 0.4) is 0 Å². The molecule has 1 rings (SSSR count). The predicted octanol–water partition coefficient (Wildman–Crippen LogP) is -0.613. The second-order valence-corrected chi connectivity index (χ2v) is 3.59. The van der Waals surface area contributed by atoms with Crippen LogP contribution in [-0.4, -0.2) is 83.2 Å². The molecule has 0 bridgehead atoms. The summed E-state index contributed by atoms with van der Waals surface area (Å²) in [7, 11) is -4.75. The van der Waals surface area contributed by atoms with Crippen molar-refractivity contribution in [2.75, 3.05) is 5.73 Å². The first-order valence-corrected chi connectivity index (χ1v) is 4.96. The van der Waals surface area contributed by atoms with Crippen molar-refractivity contribution in [3.8, 4) is 5.75 Å². The fraction of sp³-hybridized carbons (Fsp3) is 0. The minimum absolute atomic E-state index is 0. The molecule has 0 saturated heterocycles. The van der Waals surface area contributed by atoms with Gasteiger partial charge >= 0.3 is 16.4 Å².